The van der Waals surface area contributed by atoms with Crippen molar-refractivity contribution in [3.8, 4) is 0 Å². The number of likely N-dealkylation sites (N-methyl/N-ethyl adjacent to an activating group) is 1. The van der Waals surface area contributed by atoms with Gasteiger partial charge < -0.3 is 10.2 Å². The molecule has 1 heterocycles. The van der Waals surface area contributed by atoms with E-state index in [-0.39, 0.29) is 0 Å². The third-order valence-corrected chi connectivity index (χ3v) is 4.53. The molecule has 0 saturated carbocycles. The summed E-state index contributed by atoms with van der Waals surface area (Å²) in [7, 11) is 2.19. The van der Waals surface area contributed by atoms with Crippen LogP contribution in [0.25, 0.3) is 0 Å². The summed E-state index contributed by atoms with van der Waals surface area (Å²) in [6.07, 6.45) is 1.11. The number of benzene rings is 1. The van der Waals surface area contributed by atoms with Crippen molar-refractivity contribution in [2.75, 3.05) is 25.0 Å². The summed E-state index contributed by atoms with van der Waals surface area (Å²) >= 11 is 1.84. The molecule has 0 aliphatic rings. The molecule has 1 aromatic carbocycles. The van der Waals surface area contributed by atoms with Gasteiger partial charge in [-0.15, -0.1) is 11.3 Å². The summed E-state index contributed by atoms with van der Waals surface area (Å²) in [5.74, 6) is 0. The van der Waals surface area contributed by atoms with Gasteiger partial charge in [0.05, 0.1) is 0 Å². The summed E-state index contributed by atoms with van der Waals surface area (Å²) < 4.78 is 0. The molecule has 0 radical (unpaired) electrons. The van der Waals surface area contributed by atoms with Crippen LogP contribution in [0.2, 0.25) is 0 Å². The first-order chi connectivity index (χ1) is 9.72. The minimum Gasteiger partial charge on any atom is -0.374 e. The number of hydrogen-bond acceptors (Lipinski definition) is 3. The summed E-state index contributed by atoms with van der Waals surface area (Å²) in [5.41, 5.74) is 2.71. The van der Waals surface area contributed by atoms with Crippen LogP contribution >= 0.6 is 11.3 Å². The molecule has 2 aromatic rings. The maximum atomic E-state index is 3.50. The maximum Gasteiger partial charge on any atom is 0.0412 e. The molecular weight excluding hydrogens is 264 g/mol. The third kappa shape index (κ3) is 3.84. The summed E-state index contributed by atoms with van der Waals surface area (Å²) in [4.78, 5) is 3.82. The zero-order valence-corrected chi connectivity index (χ0v) is 13.4. The Balaban J connectivity index is 2.06. The van der Waals surface area contributed by atoms with Crippen molar-refractivity contribution in [3.05, 3.63) is 52.2 Å². The molecule has 0 saturated heterocycles. The highest BCUT2D eigenvalue weighted by atomic mass is 32.1. The molecule has 108 valence electrons. The fourth-order valence-electron chi connectivity index (χ4n) is 2.47. The summed E-state index contributed by atoms with van der Waals surface area (Å²) in [6.45, 7) is 6.43. The van der Waals surface area contributed by atoms with Gasteiger partial charge in [0.15, 0.2) is 0 Å². The lowest BCUT2D eigenvalue weighted by atomic mass is 10.1. The quantitative estimate of drug-likeness (QED) is 0.825. The molecule has 2 nitrogen and oxygen atoms in total. The highest BCUT2D eigenvalue weighted by Gasteiger charge is 2.12. The van der Waals surface area contributed by atoms with Gasteiger partial charge >= 0.3 is 0 Å². The van der Waals surface area contributed by atoms with E-state index in [2.05, 4.69) is 72.9 Å². The fraction of sp³-hybridized carbons (Fsp3) is 0.412. The van der Waals surface area contributed by atoms with Crippen molar-refractivity contribution in [1.29, 1.82) is 0 Å². The Morgan fingerprint density at radius 2 is 2.00 bits per heavy atom. The lowest BCUT2D eigenvalue weighted by Crippen LogP contribution is -2.25. The van der Waals surface area contributed by atoms with Crippen molar-refractivity contribution < 1.29 is 0 Å². The molecule has 0 aliphatic carbocycles. The molecule has 0 fully saturated rings. The van der Waals surface area contributed by atoms with Crippen LogP contribution in [0.15, 0.2) is 41.8 Å². The van der Waals surface area contributed by atoms with Crippen molar-refractivity contribution in [2.45, 2.75) is 26.3 Å². The molecular formula is C17H24N2S. The number of nitrogens with one attached hydrogen (secondary N) is 1. The van der Waals surface area contributed by atoms with E-state index in [0.717, 1.165) is 19.5 Å². The molecule has 0 aliphatic heterocycles. The molecule has 1 unspecified atom stereocenters. The zero-order valence-electron chi connectivity index (χ0n) is 12.6. The first kappa shape index (κ1) is 15.1. The van der Waals surface area contributed by atoms with Crippen molar-refractivity contribution in [1.82, 2.24) is 5.32 Å². The number of anilines is 1. The lowest BCUT2D eigenvalue weighted by molar-refractivity contribution is 0.597. The van der Waals surface area contributed by atoms with Crippen LogP contribution in [0.3, 0.4) is 0 Å². The molecule has 3 heteroatoms. The number of hydrogen-bond donors (Lipinski definition) is 1. The third-order valence-electron chi connectivity index (χ3n) is 3.60. The largest absolute Gasteiger partial charge is 0.374 e. The Kier molecular flexibility index (Phi) is 5.62. The van der Waals surface area contributed by atoms with Crippen LogP contribution in [0.5, 0.6) is 0 Å². The molecule has 20 heavy (non-hydrogen) atoms. The first-order valence-corrected chi connectivity index (χ1v) is 8.16. The number of para-hydroxylation sites is 1. The van der Waals surface area contributed by atoms with E-state index in [0.29, 0.717) is 6.04 Å². The molecule has 0 spiro atoms. The minimum absolute atomic E-state index is 0.389. The van der Waals surface area contributed by atoms with Gasteiger partial charge in [-0.3, -0.25) is 0 Å². The molecule has 1 atom stereocenters. The Morgan fingerprint density at radius 3 is 2.70 bits per heavy atom. The van der Waals surface area contributed by atoms with Crippen LogP contribution in [0.4, 0.5) is 5.69 Å². The highest BCUT2D eigenvalue weighted by molar-refractivity contribution is 7.09. The van der Waals surface area contributed by atoms with Crippen molar-refractivity contribution in [2.24, 2.45) is 0 Å². The van der Waals surface area contributed by atoms with Gasteiger partial charge in [0.2, 0.25) is 0 Å². The van der Waals surface area contributed by atoms with Gasteiger partial charge in [-0.05, 0) is 43.0 Å². The van der Waals surface area contributed by atoms with E-state index in [1.807, 2.05) is 11.3 Å². The molecule has 1 aromatic heterocycles. The Morgan fingerprint density at radius 1 is 1.20 bits per heavy atom. The molecule has 1 N–H and O–H groups in total. The molecule has 0 amide bonds. The monoisotopic (exact) mass is 288 g/mol. The second kappa shape index (κ2) is 7.46. The smallest absolute Gasteiger partial charge is 0.0412 e. The zero-order chi connectivity index (χ0) is 14.4. The average Bonchev–Trinajstić information content (AvgIpc) is 2.98. The summed E-state index contributed by atoms with van der Waals surface area (Å²) in [5, 5.41) is 5.65. The Labute approximate surface area is 126 Å². The second-order valence-electron chi connectivity index (χ2n) is 5.09. The van der Waals surface area contributed by atoms with Gasteiger partial charge in [0, 0.05) is 30.2 Å². The van der Waals surface area contributed by atoms with Crippen molar-refractivity contribution >= 4 is 17.0 Å². The lowest BCUT2D eigenvalue weighted by Gasteiger charge is -2.25. The Bertz CT molecular complexity index is 507. The van der Waals surface area contributed by atoms with Crippen molar-refractivity contribution in [3.63, 3.8) is 0 Å². The Hall–Kier alpha value is -1.32. The van der Waals surface area contributed by atoms with E-state index >= 15 is 0 Å². The van der Waals surface area contributed by atoms with Gasteiger partial charge in [-0.2, -0.15) is 0 Å². The molecule has 2 rings (SSSR count). The topological polar surface area (TPSA) is 15.3 Å². The molecule has 0 bridgehead atoms. The van der Waals surface area contributed by atoms with E-state index < -0.39 is 0 Å². The highest BCUT2D eigenvalue weighted by Crippen LogP contribution is 2.25. The summed E-state index contributed by atoms with van der Waals surface area (Å²) in [6, 6.07) is 13.4. The standard InChI is InChI=1S/C17H24N2S/c1-4-18-14(2)16-9-5-6-10-17(16)19(3)12-11-15-8-7-13-20-15/h5-10,13-14,18H,4,11-12H2,1-3H3. The van der Waals surface area contributed by atoms with E-state index in [4.69, 9.17) is 0 Å². The van der Waals surface area contributed by atoms with Gasteiger partial charge in [0.25, 0.3) is 0 Å². The van der Waals surface area contributed by atoms with Crippen LogP contribution in [-0.4, -0.2) is 20.1 Å². The first-order valence-electron chi connectivity index (χ1n) is 7.28. The average molecular weight is 288 g/mol. The SMILES string of the molecule is CCNC(C)c1ccccc1N(C)CCc1cccs1. The van der Waals surface area contributed by atoms with Crippen LogP contribution in [0, 0.1) is 0 Å². The maximum absolute atomic E-state index is 3.50. The van der Waals surface area contributed by atoms with Crippen LogP contribution < -0.4 is 10.2 Å². The van der Waals surface area contributed by atoms with Crippen LogP contribution in [-0.2, 0) is 6.42 Å². The van der Waals surface area contributed by atoms with Gasteiger partial charge in [0.1, 0.15) is 0 Å². The van der Waals surface area contributed by atoms with Gasteiger partial charge in [-0.25, -0.2) is 0 Å². The fourth-order valence-corrected chi connectivity index (χ4v) is 3.17. The number of nitrogens with zero attached hydrogens (tertiary/aromatic N) is 1. The predicted molar refractivity (Wildman–Crippen MR) is 89.8 cm³/mol. The van der Waals surface area contributed by atoms with E-state index in [1.54, 1.807) is 0 Å². The number of thiophene rings is 1. The van der Waals surface area contributed by atoms with Crippen LogP contribution in [0.1, 0.15) is 30.3 Å². The normalized spacial score (nSPS) is 12.3. The second-order valence-corrected chi connectivity index (χ2v) is 6.12. The van der Waals surface area contributed by atoms with Gasteiger partial charge in [-0.1, -0.05) is 31.2 Å². The van der Waals surface area contributed by atoms with E-state index in [1.165, 1.54) is 16.1 Å². The minimum atomic E-state index is 0.389. The predicted octanol–water partition coefficient (Wildman–Crippen LogP) is 4.10. The van der Waals surface area contributed by atoms with E-state index in [9.17, 15) is 0 Å². The number of rotatable bonds is 7.